The Balaban J connectivity index is 0.000000147. The first-order valence-corrected chi connectivity index (χ1v) is 7.26. The van der Waals surface area contributed by atoms with Crippen molar-refractivity contribution in [1.82, 2.24) is 4.98 Å². The predicted molar refractivity (Wildman–Crippen MR) is 79.0 cm³/mol. The van der Waals surface area contributed by atoms with Crippen LogP contribution in [0.25, 0.3) is 10.9 Å². The molecular weight excluding hydrogens is 276 g/mol. The molecule has 1 heterocycles. The molecule has 0 atom stereocenters. The average molecular weight is 290 g/mol. The lowest BCUT2D eigenvalue weighted by atomic mass is 10.3. The summed E-state index contributed by atoms with van der Waals surface area (Å²) in [5, 5.41) is 1.17. The number of aromatic amines is 1. The van der Waals surface area contributed by atoms with Crippen molar-refractivity contribution in [3.05, 3.63) is 60.7 Å². The summed E-state index contributed by atoms with van der Waals surface area (Å²) in [6.45, 7) is 0. The largest absolute Gasteiger partial charge is 0.385 e. The van der Waals surface area contributed by atoms with Crippen LogP contribution in [0.2, 0.25) is 0 Å². The van der Waals surface area contributed by atoms with Crippen molar-refractivity contribution in [2.24, 2.45) is 0 Å². The van der Waals surface area contributed by atoms with Crippen molar-refractivity contribution in [3.8, 4) is 0 Å². The lowest BCUT2D eigenvalue weighted by Crippen LogP contribution is -1.96. The van der Waals surface area contributed by atoms with Gasteiger partial charge in [-0.05, 0) is 24.3 Å². The molecule has 0 spiro atoms. The Bertz CT molecular complexity index is 762. The van der Waals surface area contributed by atoms with Crippen molar-refractivity contribution in [2.45, 2.75) is 4.90 Å². The maximum Gasteiger partial charge on any atom is 0.294 e. The number of hydrogen-bond acceptors (Lipinski definition) is 3. The molecule has 0 aliphatic heterocycles. The summed E-state index contributed by atoms with van der Waals surface area (Å²) >= 11 is 0. The third-order valence-corrected chi connectivity index (χ3v) is 3.46. The SMILES string of the molecule is Nc1cc2ccccc2[nH]1.O=S(=O)(O)c1ccccc1. The highest BCUT2D eigenvalue weighted by molar-refractivity contribution is 7.85. The van der Waals surface area contributed by atoms with Gasteiger partial charge in [-0.15, -0.1) is 0 Å². The van der Waals surface area contributed by atoms with Crippen LogP contribution in [0, 0.1) is 0 Å². The van der Waals surface area contributed by atoms with E-state index in [0.717, 1.165) is 11.3 Å². The summed E-state index contributed by atoms with van der Waals surface area (Å²) in [7, 11) is -4.00. The Morgan fingerprint density at radius 3 is 2.10 bits per heavy atom. The topological polar surface area (TPSA) is 96.2 Å². The monoisotopic (exact) mass is 290 g/mol. The molecule has 0 amide bonds. The van der Waals surface area contributed by atoms with E-state index in [9.17, 15) is 8.42 Å². The Kier molecular flexibility index (Phi) is 4.07. The molecular formula is C14H14N2O3S. The molecule has 2 aromatic carbocycles. The van der Waals surface area contributed by atoms with Gasteiger partial charge >= 0.3 is 0 Å². The zero-order valence-corrected chi connectivity index (χ0v) is 11.3. The number of nitrogens with one attached hydrogen (secondary N) is 1. The minimum Gasteiger partial charge on any atom is -0.385 e. The minimum atomic E-state index is -4.00. The summed E-state index contributed by atoms with van der Waals surface area (Å²) in [4.78, 5) is 2.96. The van der Waals surface area contributed by atoms with Crippen molar-refractivity contribution < 1.29 is 13.0 Å². The van der Waals surface area contributed by atoms with Gasteiger partial charge < -0.3 is 10.7 Å². The number of nitrogen functional groups attached to an aromatic ring is 1. The number of aromatic nitrogens is 1. The standard InChI is InChI=1S/C8H8N2.C6H6O3S/c9-8-5-6-3-1-2-4-7(6)10-8;7-10(8,9)6-4-2-1-3-5-6/h1-5,10H,9H2;1-5H,(H,7,8,9). The van der Waals surface area contributed by atoms with Crippen molar-refractivity contribution in [1.29, 1.82) is 0 Å². The summed E-state index contributed by atoms with van der Waals surface area (Å²) < 4.78 is 29.2. The van der Waals surface area contributed by atoms with Crippen LogP contribution in [0.15, 0.2) is 65.6 Å². The van der Waals surface area contributed by atoms with Crippen LogP contribution in [0.1, 0.15) is 0 Å². The van der Waals surface area contributed by atoms with Crippen LogP contribution in [0.3, 0.4) is 0 Å². The fraction of sp³-hybridized carbons (Fsp3) is 0. The third-order valence-electron chi connectivity index (χ3n) is 2.59. The maximum absolute atomic E-state index is 10.4. The van der Waals surface area contributed by atoms with Crippen LogP contribution < -0.4 is 5.73 Å². The molecule has 0 saturated heterocycles. The van der Waals surface area contributed by atoms with Gasteiger partial charge in [0.05, 0.1) is 4.90 Å². The van der Waals surface area contributed by atoms with E-state index in [1.807, 2.05) is 30.3 Å². The average Bonchev–Trinajstić information content (AvgIpc) is 2.79. The van der Waals surface area contributed by atoms with E-state index in [2.05, 4.69) is 4.98 Å². The Labute approximate surface area is 116 Å². The summed E-state index contributed by atoms with van der Waals surface area (Å²) in [6.07, 6.45) is 0. The van der Waals surface area contributed by atoms with Crippen LogP contribution in [0.4, 0.5) is 5.82 Å². The molecule has 0 aliphatic rings. The molecule has 6 heteroatoms. The van der Waals surface area contributed by atoms with E-state index in [0.29, 0.717) is 0 Å². The predicted octanol–water partition coefficient (Wildman–Crippen LogP) is 2.68. The Hall–Kier alpha value is -2.31. The first kappa shape index (κ1) is 14.1. The molecule has 3 rings (SSSR count). The van der Waals surface area contributed by atoms with Gasteiger partial charge in [-0.25, -0.2) is 0 Å². The van der Waals surface area contributed by atoms with Crippen molar-refractivity contribution in [3.63, 3.8) is 0 Å². The number of hydrogen-bond donors (Lipinski definition) is 3. The second-order valence-corrected chi connectivity index (χ2v) is 5.52. The molecule has 5 nitrogen and oxygen atoms in total. The quantitative estimate of drug-likeness (QED) is 0.600. The third kappa shape index (κ3) is 3.59. The fourth-order valence-corrected chi connectivity index (χ4v) is 2.19. The smallest absolute Gasteiger partial charge is 0.294 e. The number of fused-ring (bicyclic) bond motifs is 1. The second-order valence-electron chi connectivity index (χ2n) is 4.10. The van der Waals surface area contributed by atoms with Crippen LogP contribution in [-0.4, -0.2) is 18.0 Å². The molecule has 0 bridgehead atoms. The summed E-state index contributed by atoms with van der Waals surface area (Å²) in [5.74, 6) is 0.723. The van der Waals surface area contributed by atoms with E-state index in [4.69, 9.17) is 10.3 Å². The molecule has 4 N–H and O–H groups in total. The number of rotatable bonds is 1. The van der Waals surface area contributed by atoms with Gasteiger partial charge in [0.1, 0.15) is 5.82 Å². The normalized spacial score (nSPS) is 10.8. The summed E-state index contributed by atoms with van der Waals surface area (Å²) in [6, 6.07) is 17.4. The fourth-order valence-electron chi connectivity index (χ4n) is 1.69. The molecule has 0 aliphatic carbocycles. The van der Waals surface area contributed by atoms with Crippen molar-refractivity contribution >= 4 is 26.8 Å². The van der Waals surface area contributed by atoms with Gasteiger partial charge in [-0.2, -0.15) is 8.42 Å². The minimum absolute atomic E-state index is 0.0741. The van der Waals surface area contributed by atoms with Gasteiger partial charge in [-0.3, -0.25) is 4.55 Å². The molecule has 0 unspecified atom stereocenters. The highest BCUT2D eigenvalue weighted by Gasteiger charge is 2.05. The highest BCUT2D eigenvalue weighted by atomic mass is 32.2. The van der Waals surface area contributed by atoms with E-state index < -0.39 is 10.1 Å². The van der Waals surface area contributed by atoms with Gasteiger partial charge in [0.25, 0.3) is 10.1 Å². The maximum atomic E-state index is 10.4. The van der Waals surface area contributed by atoms with Crippen LogP contribution >= 0.6 is 0 Å². The second kappa shape index (κ2) is 5.77. The van der Waals surface area contributed by atoms with Gasteiger partial charge in [-0.1, -0.05) is 36.4 Å². The lowest BCUT2D eigenvalue weighted by molar-refractivity contribution is 0.483. The highest BCUT2D eigenvalue weighted by Crippen LogP contribution is 2.14. The number of anilines is 1. The van der Waals surface area contributed by atoms with Gasteiger partial charge in [0, 0.05) is 10.9 Å². The first-order chi connectivity index (χ1) is 9.47. The number of H-pyrrole nitrogens is 1. The Morgan fingerprint density at radius 2 is 1.55 bits per heavy atom. The zero-order valence-electron chi connectivity index (χ0n) is 10.5. The van der Waals surface area contributed by atoms with Crippen LogP contribution in [0.5, 0.6) is 0 Å². The van der Waals surface area contributed by atoms with Gasteiger partial charge in [0.2, 0.25) is 0 Å². The van der Waals surface area contributed by atoms with Gasteiger partial charge in [0.15, 0.2) is 0 Å². The molecule has 20 heavy (non-hydrogen) atoms. The van der Waals surface area contributed by atoms with Crippen molar-refractivity contribution in [2.75, 3.05) is 5.73 Å². The van der Waals surface area contributed by atoms with E-state index >= 15 is 0 Å². The molecule has 104 valence electrons. The number of benzene rings is 2. The molecule has 0 saturated carbocycles. The van der Waals surface area contributed by atoms with E-state index in [1.54, 1.807) is 18.2 Å². The number of nitrogens with two attached hydrogens (primary N) is 1. The first-order valence-electron chi connectivity index (χ1n) is 5.82. The van der Waals surface area contributed by atoms with E-state index in [-0.39, 0.29) is 4.90 Å². The zero-order chi connectivity index (χ0) is 14.6. The molecule has 0 fully saturated rings. The summed E-state index contributed by atoms with van der Waals surface area (Å²) in [5.41, 5.74) is 6.63. The van der Waals surface area contributed by atoms with Crippen LogP contribution in [-0.2, 0) is 10.1 Å². The molecule has 1 aromatic heterocycles. The molecule has 0 radical (unpaired) electrons. The Morgan fingerprint density at radius 1 is 0.950 bits per heavy atom. The lowest BCUT2D eigenvalue weighted by Gasteiger charge is -1.92. The molecule has 3 aromatic rings. The number of para-hydroxylation sites is 1. The van der Waals surface area contributed by atoms with E-state index in [1.165, 1.54) is 17.5 Å².